The second kappa shape index (κ2) is 6.15. The zero-order valence-corrected chi connectivity index (χ0v) is 11.8. The third-order valence-electron chi connectivity index (χ3n) is 3.26. The van der Waals surface area contributed by atoms with Crippen molar-refractivity contribution in [1.29, 1.82) is 0 Å². The van der Waals surface area contributed by atoms with Gasteiger partial charge >= 0.3 is 12.1 Å². The average molecular weight is 289 g/mol. The fraction of sp³-hybridized carbons (Fsp3) is 0.500. The summed E-state index contributed by atoms with van der Waals surface area (Å²) in [5, 5.41) is 2.90. The number of methoxy groups -OCH3 is 1. The number of alkyl halides is 3. The van der Waals surface area contributed by atoms with Gasteiger partial charge in [-0.05, 0) is 38.5 Å². The zero-order chi connectivity index (χ0) is 15.5. The molecular formula is C14H18F3NO2. The van der Waals surface area contributed by atoms with Crippen LogP contribution in [0, 0.1) is 12.8 Å². The second-order valence-corrected chi connectivity index (χ2v) is 4.77. The van der Waals surface area contributed by atoms with Crippen molar-refractivity contribution in [2.75, 3.05) is 12.4 Å². The Balaban J connectivity index is 2.91. The molecule has 0 bridgehead atoms. The number of benzene rings is 1. The molecular weight excluding hydrogens is 271 g/mol. The molecule has 3 nitrogen and oxygen atoms in total. The third-order valence-corrected chi connectivity index (χ3v) is 3.26. The Morgan fingerprint density at radius 1 is 1.30 bits per heavy atom. The molecule has 0 aliphatic rings. The number of ether oxygens (including phenoxy) is 1. The lowest BCUT2D eigenvalue weighted by Gasteiger charge is -2.21. The summed E-state index contributed by atoms with van der Waals surface area (Å²) in [5.74, 6) is -0.871. The van der Waals surface area contributed by atoms with Gasteiger partial charge < -0.3 is 10.1 Å². The van der Waals surface area contributed by atoms with Gasteiger partial charge in [0.15, 0.2) is 0 Å². The Bertz CT molecular complexity index is 486. The van der Waals surface area contributed by atoms with E-state index in [1.165, 1.54) is 20.1 Å². The summed E-state index contributed by atoms with van der Waals surface area (Å²) in [6.45, 7) is 4.78. The molecule has 0 amide bonds. The summed E-state index contributed by atoms with van der Waals surface area (Å²) >= 11 is 0. The van der Waals surface area contributed by atoms with Gasteiger partial charge in [-0.1, -0.05) is 6.07 Å². The summed E-state index contributed by atoms with van der Waals surface area (Å²) in [5.41, 5.74) is -0.191. The Labute approximate surface area is 116 Å². The number of nitrogens with one attached hydrogen (secondary N) is 1. The van der Waals surface area contributed by atoms with Gasteiger partial charge in [0.25, 0.3) is 0 Å². The van der Waals surface area contributed by atoms with E-state index in [-0.39, 0.29) is 11.6 Å². The number of aryl methyl sites for hydroxylation is 1. The molecule has 1 aromatic rings. The van der Waals surface area contributed by atoms with Crippen LogP contribution in [0.2, 0.25) is 0 Å². The number of hydrogen-bond donors (Lipinski definition) is 1. The molecule has 112 valence electrons. The minimum Gasteiger partial charge on any atom is -0.469 e. The lowest BCUT2D eigenvalue weighted by molar-refractivity contribution is -0.145. The Hall–Kier alpha value is -1.72. The highest BCUT2D eigenvalue weighted by Gasteiger charge is 2.32. The van der Waals surface area contributed by atoms with Crippen LogP contribution >= 0.6 is 0 Å². The van der Waals surface area contributed by atoms with E-state index in [1.807, 2.05) is 0 Å². The minimum absolute atomic E-state index is 0.164. The molecule has 0 radical (unpaired) electrons. The predicted octanol–water partition coefficient (Wildman–Crippen LogP) is 3.62. The molecule has 2 unspecified atom stereocenters. The zero-order valence-electron chi connectivity index (χ0n) is 11.8. The molecule has 0 saturated carbocycles. The predicted molar refractivity (Wildman–Crippen MR) is 70.4 cm³/mol. The van der Waals surface area contributed by atoms with Crippen molar-refractivity contribution in [3.8, 4) is 0 Å². The van der Waals surface area contributed by atoms with E-state index in [0.29, 0.717) is 5.69 Å². The highest BCUT2D eigenvalue weighted by atomic mass is 19.4. The van der Waals surface area contributed by atoms with Gasteiger partial charge in [0.2, 0.25) is 0 Å². The Morgan fingerprint density at radius 3 is 2.40 bits per heavy atom. The highest BCUT2D eigenvalue weighted by Crippen LogP contribution is 2.33. The Morgan fingerprint density at radius 2 is 1.90 bits per heavy atom. The molecule has 0 aromatic heterocycles. The maximum atomic E-state index is 12.8. The van der Waals surface area contributed by atoms with Crippen LogP contribution in [0.15, 0.2) is 18.2 Å². The number of anilines is 1. The van der Waals surface area contributed by atoms with Gasteiger partial charge in [-0.15, -0.1) is 0 Å². The van der Waals surface area contributed by atoms with Gasteiger partial charge in [0.1, 0.15) is 0 Å². The van der Waals surface area contributed by atoms with Crippen molar-refractivity contribution in [3.63, 3.8) is 0 Å². The van der Waals surface area contributed by atoms with Gasteiger partial charge in [0, 0.05) is 11.7 Å². The van der Waals surface area contributed by atoms with Crippen molar-refractivity contribution in [2.45, 2.75) is 33.0 Å². The summed E-state index contributed by atoms with van der Waals surface area (Å²) in [6.07, 6.45) is -4.39. The highest BCUT2D eigenvalue weighted by molar-refractivity contribution is 5.73. The SMILES string of the molecule is COC(=O)C(C)C(C)Nc1ccc(C)c(C(F)(F)F)c1. The van der Waals surface area contributed by atoms with E-state index in [1.54, 1.807) is 19.9 Å². The fourth-order valence-electron chi connectivity index (χ4n) is 1.80. The maximum absolute atomic E-state index is 12.8. The average Bonchev–Trinajstić information content (AvgIpc) is 2.37. The van der Waals surface area contributed by atoms with Gasteiger partial charge in [-0.2, -0.15) is 13.2 Å². The number of rotatable bonds is 4. The molecule has 20 heavy (non-hydrogen) atoms. The first-order valence-corrected chi connectivity index (χ1v) is 6.19. The van der Waals surface area contributed by atoms with Crippen LogP contribution in [0.3, 0.4) is 0 Å². The summed E-state index contributed by atoms with van der Waals surface area (Å²) < 4.78 is 43.0. The molecule has 0 spiro atoms. The fourth-order valence-corrected chi connectivity index (χ4v) is 1.80. The summed E-state index contributed by atoms with van der Waals surface area (Å²) in [7, 11) is 1.28. The van der Waals surface area contributed by atoms with E-state index in [2.05, 4.69) is 10.1 Å². The van der Waals surface area contributed by atoms with Crippen LogP contribution in [-0.2, 0) is 15.7 Å². The lowest BCUT2D eigenvalue weighted by Crippen LogP contribution is -2.30. The molecule has 0 saturated heterocycles. The molecule has 1 rings (SSSR count). The van der Waals surface area contributed by atoms with Crippen LogP contribution in [0.5, 0.6) is 0 Å². The van der Waals surface area contributed by atoms with Crippen LogP contribution in [0.4, 0.5) is 18.9 Å². The van der Waals surface area contributed by atoms with Crippen molar-refractivity contribution in [3.05, 3.63) is 29.3 Å². The van der Waals surface area contributed by atoms with Crippen molar-refractivity contribution in [1.82, 2.24) is 0 Å². The van der Waals surface area contributed by atoms with E-state index in [0.717, 1.165) is 6.07 Å². The first-order valence-electron chi connectivity index (χ1n) is 6.19. The van der Waals surface area contributed by atoms with Gasteiger partial charge in [-0.25, -0.2) is 0 Å². The topological polar surface area (TPSA) is 38.3 Å². The van der Waals surface area contributed by atoms with Gasteiger partial charge in [0.05, 0.1) is 18.6 Å². The number of esters is 1. The van der Waals surface area contributed by atoms with Crippen LogP contribution in [-0.4, -0.2) is 19.1 Å². The van der Waals surface area contributed by atoms with E-state index < -0.39 is 23.6 Å². The first kappa shape index (κ1) is 16.3. The maximum Gasteiger partial charge on any atom is 0.416 e. The van der Waals surface area contributed by atoms with Gasteiger partial charge in [-0.3, -0.25) is 4.79 Å². The number of carbonyl (C=O) groups excluding carboxylic acids is 1. The molecule has 1 N–H and O–H groups in total. The number of hydrogen-bond acceptors (Lipinski definition) is 3. The standard InChI is InChI=1S/C14H18F3NO2/c1-8-5-6-11(7-12(8)14(15,16)17)18-10(3)9(2)13(19)20-4/h5-7,9-10,18H,1-4H3. The largest absolute Gasteiger partial charge is 0.469 e. The van der Waals surface area contributed by atoms with Crippen molar-refractivity contribution >= 4 is 11.7 Å². The molecule has 1 aromatic carbocycles. The van der Waals surface area contributed by atoms with Crippen molar-refractivity contribution < 1.29 is 22.7 Å². The van der Waals surface area contributed by atoms with E-state index >= 15 is 0 Å². The monoisotopic (exact) mass is 289 g/mol. The van der Waals surface area contributed by atoms with Crippen LogP contribution in [0.25, 0.3) is 0 Å². The molecule has 0 heterocycles. The molecule has 6 heteroatoms. The summed E-state index contributed by atoms with van der Waals surface area (Å²) in [4.78, 5) is 11.4. The third kappa shape index (κ3) is 3.88. The molecule has 0 aliphatic heterocycles. The summed E-state index contributed by atoms with van der Waals surface area (Å²) in [6, 6.07) is 3.67. The van der Waals surface area contributed by atoms with Crippen LogP contribution < -0.4 is 5.32 Å². The number of halogens is 3. The second-order valence-electron chi connectivity index (χ2n) is 4.77. The van der Waals surface area contributed by atoms with Crippen LogP contribution in [0.1, 0.15) is 25.0 Å². The number of carbonyl (C=O) groups is 1. The normalized spacial score (nSPS) is 14.6. The van der Waals surface area contributed by atoms with E-state index in [9.17, 15) is 18.0 Å². The van der Waals surface area contributed by atoms with E-state index in [4.69, 9.17) is 0 Å². The quantitative estimate of drug-likeness (QED) is 0.860. The molecule has 0 fully saturated rings. The minimum atomic E-state index is -4.39. The molecule has 0 aliphatic carbocycles. The Kier molecular flexibility index (Phi) is 5.03. The molecule has 2 atom stereocenters. The lowest BCUT2D eigenvalue weighted by atomic mass is 10.0. The first-order chi connectivity index (χ1) is 9.16. The smallest absolute Gasteiger partial charge is 0.416 e. The van der Waals surface area contributed by atoms with Crippen molar-refractivity contribution in [2.24, 2.45) is 5.92 Å².